The van der Waals surface area contributed by atoms with Gasteiger partial charge in [-0.3, -0.25) is 9.10 Å². The maximum Gasteiger partial charge on any atom is 0.272 e. The second-order valence-electron chi connectivity index (χ2n) is 6.74. The summed E-state index contributed by atoms with van der Waals surface area (Å²) in [4.78, 5) is 12.7. The zero-order valence-corrected chi connectivity index (χ0v) is 15.9. The molecule has 140 valence electrons. The van der Waals surface area contributed by atoms with Gasteiger partial charge in [0.25, 0.3) is 5.91 Å². The summed E-state index contributed by atoms with van der Waals surface area (Å²) in [7, 11) is -1.37. The van der Waals surface area contributed by atoms with E-state index in [-0.39, 0.29) is 11.7 Å². The Labute approximate surface area is 158 Å². The van der Waals surface area contributed by atoms with Crippen molar-refractivity contribution in [3.63, 3.8) is 0 Å². The molecule has 0 bridgehead atoms. The first-order valence-corrected chi connectivity index (χ1v) is 10.5. The minimum atomic E-state index is -3.23. The lowest BCUT2D eigenvalue weighted by atomic mass is 10.2. The lowest BCUT2D eigenvalue weighted by Gasteiger charge is -2.28. The Bertz CT molecular complexity index is 1100. The molecule has 2 aromatic carbocycles. The molecule has 1 N–H and O–H groups in total. The quantitative estimate of drug-likeness (QED) is 0.754. The van der Waals surface area contributed by atoms with Crippen molar-refractivity contribution in [3.8, 4) is 0 Å². The largest absolute Gasteiger partial charge is 0.340 e. The number of hydrogen-bond donors (Lipinski definition) is 1. The molecular formula is C20H21N3O3S. The zero-order chi connectivity index (χ0) is 19.0. The third kappa shape index (κ3) is 3.30. The van der Waals surface area contributed by atoms with Gasteiger partial charge in [-0.2, -0.15) is 0 Å². The van der Waals surface area contributed by atoms with Crippen LogP contribution < -0.4 is 9.62 Å². The minimum absolute atomic E-state index is 0.187. The van der Waals surface area contributed by atoms with Gasteiger partial charge in [0.15, 0.2) is 0 Å². The van der Waals surface area contributed by atoms with E-state index in [0.717, 1.165) is 17.3 Å². The number of nitrogens with one attached hydrogen (secondary N) is 1. The number of carbonyl (C=O) groups is 1. The highest BCUT2D eigenvalue weighted by atomic mass is 32.2. The topological polar surface area (TPSA) is 71.4 Å². The molecule has 27 heavy (non-hydrogen) atoms. The summed E-state index contributed by atoms with van der Waals surface area (Å²) in [5.41, 5.74) is 2.83. The van der Waals surface area contributed by atoms with Crippen molar-refractivity contribution in [2.75, 3.05) is 21.9 Å². The van der Waals surface area contributed by atoms with Crippen LogP contribution in [0.25, 0.3) is 10.9 Å². The van der Waals surface area contributed by atoms with Crippen LogP contribution in [0.3, 0.4) is 0 Å². The highest BCUT2D eigenvalue weighted by molar-refractivity contribution is 7.92. The number of sulfonamides is 1. The number of rotatable bonds is 3. The fraction of sp³-hybridized carbons (Fsp3) is 0.250. The molecule has 0 radical (unpaired) electrons. The molecule has 4 rings (SSSR count). The summed E-state index contributed by atoms with van der Waals surface area (Å²) in [6.45, 7) is 0.504. The van der Waals surface area contributed by atoms with Crippen LogP contribution in [0.1, 0.15) is 23.3 Å². The van der Waals surface area contributed by atoms with Gasteiger partial charge in [0.2, 0.25) is 10.0 Å². The highest BCUT2D eigenvalue weighted by Gasteiger charge is 2.25. The Kier molecular flexibility index (Phi) is 4.39. The van der Waals surface area contributed by atoms with E-state index >= 15 is 0 Å². The monoisotopic (exact) mass is 383 g/mol. The number of nitrogens with zero attached hydrogens (tertiary/aromatic N) is 2. The van der Waals surface area contributed by atoms with E-state index in [1.165, 1.54) is 4.31 Å². The third-order valence-electron chi connectivity index (χ3n) is 4.95. The average molecular weight is 383 g/mol. The summed E-state index contributed by atoms with van der Waals surface area (Å²) in [5.74, 6) is -0.0148. The van der Waals surface area contributed by atoms with E-state index in [1.54, 1.807) is 24.3 Å². The summed E-state index contributed by atoms with van der Waals surface area (Å²) >= 11 is 0. The van der Waals surface area contributed by atoms with Crippen LogP contribution in [-0.2, 0) is 17.1 Å². The fourth-order valence-electron chi connectivity index (χ4n) is 3.49. The maximum atomic E-state index is 12.7. The molecule has 1 aromatic heterocycles. The number of aryl methyl sites for hydroxylation is 1. The Hall–Kier alpha value is -2.80. The molecule has 6 nitrogen and oxygen atoms in total. The molecule has 7 heteroatoms. The van der Waals surface area contributed by atoms with E-state index in [1.807, 2.05) is 41.9 Å². The van der Waals surface area contributed by atoms with Gasteiger partial charge in [0.1, 0.15) is 5.69 Å². The van der Waals surface area contributed by atoms with Crippen LogP contribution in [0.2, 0.25) is 0 Å². The van der Waals surface area contributed by atoms with Gasteiger partial charge in [0, 0.05) is 30.2 Å². The van der Waals surface area contributed by atoms with Crippen molar-refractivity contribution < 1.29 is 13.2 Å². The van der Waals surface area contributed by atoms with E-state index in [2.05, 4.69) is 5.32 Å². The Morgan fingerprint density at radius 3 is 2.48 bits per heavy atom. The van der Waals surface area contributed by atoms with Gasteiger partial charge in [-0.05, 0) is 49.2 Å². The van der Waals surface area contributed by atoms with Crippen molar-refractivity contribution in [1.29, 1.82) is 0 Å². The number of anilines is 2. The predicted molar refractivity (Wildman–Crippen MR) is 108 cm³/mol. The molecule has 1 fully saturated rings. The molecule has 2 heterocycles. The lowest BCUT2D eigenvalue weighted by molar-refractivity contribution is 0.101. The van der Waals surface area contributed by atoms with Crippen LogP contribution in [-0.4, -0.2) is 31.2 Å². The molecular weight excluding hydrogens is 362 g/mol. The summed E-state index contributed by atoms with van der Waals surface area (Å²) in [5, 5.41) is 3.89. The van der Waals surface area contributed by atoms with Crippen LogP contribution in [0.4, 0.5) is 11.4 Å². The smallest absolute Gasteiger partial charge is 0.272 e. The lowest BCUT2D eigenvalue weighted by Crippen LogP contribution is -2.37. The molecule has 0 aliphatic carbocycles. The first kappa shape index (κ1) is 17.6. The Morgan fingerprint density at radius 1 is 1.04 bits per heavy atom. The minimum Gasteiger partial charge on any atom is -0.340 e. The molecule has 1 aliphatic rings. The van der Waals surface area contributed by atoms with Crippen molar-refractivity contribution in [2.45, 2.75) is 12.8 Å². The van der Waals surface area contributed by atoms with Crippen molar-refractivity contribution in [3.05, 3.63) is 60.3 Å². The second-order valence-corrected chi connectivity index (χ2v) is 8.76. The summed E-state index contributed by atoms with van der Waals surface area (Å²) < 4.78 is 27.7. The molecule has 0 saturated carbocycles. The maximum absolute atomic E-state index is 12.7. The molecule has 0 atom stereocenters. The normalized spacial score (nSPS) is 16.4. The number of fused-ring (bicyclic) bond motifs is 1. The predicted octanol–water partition coefficient (Wildman–Crippen LogP) is 3.36. The Morgan fingerprint density at radius 2 is 1.78 bits per heavy atom. The number of amides is 1. The molecule has 1 aliphatic heterocycles. The van der Waals surface area contributed by atoms with Gasteiger partial charge in [-0.25, -0.2) is 8.42 Å². The van der Waals surface area contributed by atoms with Crippen molar-refractivity contribution in [2.24, 2.45) is 7.05 Å². The molecule has 0 spiro atoms. The van der Waals surface area contributed by atoms with Crippen molar-refractivity contribution in [1.82, 2.24) is 4.57 Å². The third-order valence-corrected chi connectivity index (χ3v) is 6.82. The van der Waals surface area contributed by atoms with E-state index in [9.17, 15) is 13.2 Å². The molecule has 1 amide bonds. The average Bonchev–Trinajstić information content (AvgIpc) is 2.99. The second kappa shape index (κ2) is 6.74. The SMILES string of the molecule is Cn1c(C(=O)Nc2ccc(N3CCCCS3(=O)=O)cc2)cc2ccccc21. The van der Waals surface area contributed by atoms with Crippen LogP contribution in [0.15, 0.2) is 54.6 Å². The van der Waals surface area contributed by atoms with E-state index in [0.29, 0.717) is 30.0 Å². The Balaban J connectivity index is 1.54. The number of aromatic nitrogens is 1. The number of hydrogen-bond acceptors (Lipinski definition) is 3. The summed E-state index contributed by atoms with van der Waals surface area (Å²) in [6.07, 6.45) is 1.57. The number of benzene rings is 2. The van der Waals surface area contributed by atoms with Crippen LogP contribution >= 0.6 is 0 Å². The van der Waals surface area contributed by atoms with Gasteiger partial charge >= 0.3 is 0 Å². The van der Waals surface area contributed by atoms with Crippen LogP contribution in [0, 0.1) is 0 Å². The number of para-hydroxylation sites is 1. The van der Waals surface area contributed by atoms with Gasteiger partial charge in [-0.15, -0.1) is 0 Å². The zero-order valence-electron chi connectivity index (χ0n) is 15.1. The summed E-state index contributed by atoms with van der Waals surface area (Å²) in [6, 6.07) is 16.6. The number of carbonyl (C=O) groups excluding carboxylic acids is 1. The highest BCUT2D eigenvalue weighted by Crippen LogP contribution is 2.25. The van der Waals surface area contributed by atoms with E-state index in [4.69, 9.17) is 0 Å². The van der Waals surface area contributed by atoms with Crippen LogP contribution in [0.5, 0.6) is 0 Å². The molecule has 3 aromatic rings. The fourth-order valence-corrected chi connectivity index (χ4v) is 5.13. The first-order chi connectivity index (χ1) is 13.0. The molecule has 1 saturated heterocycles. The molecule has 0 unspecified atom stereocenters. The van der Waals surface area contributed by atoms with Gasteiger partial charge in [-0.1, -0.05) is 18.2 Å². The van der Waals surface area contributed by atoms with E-state index < -0.39 is 10.0 Å². The van der Waals surface area contributed by atoms with Gasteiger partial charge < -0.3 is 9.88 Å². The standard InChI is InChI=1S/C20H21N3O3S/c1-22-18-7-3-2-6-15(18)14-19(22)20(24)21-16-8-10-17(11-9-16)23-12-4-5-13-27(23,25)26/h2-3,6-11,14H,4-5,12-13H2,1H3,(H,21,24). The first-order valence-electron chi connectivity index (χ1n) is 8.92. The van der Waals surface area contributed by atoms with Gasteiger partial charge in [0.05, 0.1) is 11.4 Å². The van der Waals surface area contributed by atoms with Crippen molar-refractivity contribution >= 4 is 38.2 Å².